The normalized spacial score (nSPS) is 37.4. The lowest BCUT2D eigenvalue weighted by molar-refractivity contribution is -0.384. The van der Waals surface area contributed by atoms with Crippen LogP contribution in [0.2, 0.25) is 0 Å². The molecule has 5 rings (SSSR count). The van der Waals surface area contributed by atoms with Crippen molar-refractivity contribution in [3.63, 3.8) is 0 Å². The van der Waals surface area contributed by atoms with Gasteiger partial charge >= 0.3 is 5.97 Å². The number of nitro groups is 1. The maximum atomic E-state index is 13.4. The molecule has 36 heavy (non-hydrogen) atoms. The number of allylic oxidation sites excluding steroid dienone is 2. The minimum atomic E-state index is -0.409. The van der Waals surface area contributed by atoms with Gasteiger partial charge in [-0.15, -0.1) is 0 Å². The van der Waals surface area contributed by atoms with E-state index in [9.17, 15) is 19.7 Å². The third kappa shape index (κ3) is 4.22. The molecule has 1 aromatic rings. The van der Waals surface area contributed by atoms with Crippen LogP contribution < -0.4 is 0 Å². The molecule has 7 atom stereocenters. The summed E-state index contributed by atoms with van der Waals surface area (Å²) in [7, 11) is 0. The van der Waals surface area contributed by atoms with Gasteiger partial charge in [0.1, 0.15) is 6.10 Å². The van der Waals surface area contributed by atoms with Gasteiger partial charge in [-0.05, 0) is 85.2 Å². The summed E-state index contributed by atoms with van der Waals surface area (Å²) in [5.74, 6) is 1.75. The van der Waals surface area contributed by atoms with Crippen molar-refractivity contribution in [2.24, 2.45) is 34.5 Å². The maximum Gasteiger partial charge on any atom is 0.302 e. The standard InChI is InChI=1S/C30H37NO5/c1-19(32)36-23-13-15-29(2)21(18-23)8-9-24-25-10-11-27(30(25,3)16-14-26(24)29)28(33)12-7-20-5-4-6-22(17-20)31(34)35/h4-8,12,17,23-27H,9-11,13-16,18H2,1-3H3/b12-7-/t23-,24+,25+,26+,27-,29+,30+/m1/s1. The van der Waals surface area contributed by atoms with Crippen LogP contribution in [0, 0.1) is 44.6 Å². The van der Waals surface area contributed by atoms with Crippen LogP contribution in [-0.2, 0) is 14.3 Å². The van der Waals surface area contributed by atoms with Crippen molar-refractivity contribution in [2.45, 2.75) is 78.2 Å². The first-order valence-corrected chi connectivity index (χ1v) is 13.4. The van der Waals surface area contributed by atoms with E-state index in [1.165, 1.54) is 24.6 Å². The second kappa shape index (κ2) is 9.28. The Morgan fingerprint density at radius 1 is 1.11 bits per heavy atom. The average molecular weight is 492 g/mol. The summed E-state index contributed by atoms with van der Waals surface area (Å²) >= 11 is 0. The Balaban J connectivity index is 1.32. The lowest BCUT2D eigenvalue weighted by Crippen LogP contribution is -2.51. The minimum Gasteiger partial charge on any atom is -0.462 e. The van der Waals surface area contributed by atoms with E-state index in [0.29, 0.717) is 23.3 Å². The molecule has 0 spiro atoms. The molecule has 0 unspecified atom stereocenters. The molecule has 192 valence electrons. The number of benzene rings is 1. The number of ketones is 1. The summed E-state index contributed by atoms with van der Waals surface area (Å²) in [5, 5.41) is 11.1. The molecule has 3 saturated carbocycles. The SMILES string of the molecule is CC(=O)O[C@@H]1CC[C@@]2(C)C(=CC[C@H]3[C@@H]4CC[C@H](C(=O)/C=C\c5cccc([N+](=O)[O-])c5)[C@@]4(C)CC[C@@H]32)C1. The Labute approximate surface area is 213 Å². The molecular weight excluding hydrogens is 454 g/mol. The molecule has 6 nitrogen and oxygen atoms in total. The largest absolute Gasteiger partial charge is 0.462 e. The van der Waals surface area contributed by atoms with E-state index < -0.39 is 4.92 Å². The van der Waals surface area contributed by atoms with E-state index in [0.717, 1.165) is 51.4 Å². The molecule has 0 amide bonds. The number of fused-ring (bicyclic) bond motifs is 5. The van der Waals surface area contributed by atoms with Gasteiger partial charge < -0.3 is 4.74 Å². The number of carbonyl (C=O) groups is 2. The zero-order chi connectivity index (χ0) is 25.7. The summed E-state index contributed by atoms with van der Waals surface area (Å²) in [6.07, 6.45) is 14.0. The second-order valence-electron chi connectivity index (χ2n) is 12.0. The van der Waals surface area contributed by atoms with Crippen LogP contribution in [0.25, 0.3) is 6.08 Å². The molecule has 0 bridgehead atoms. The van der Waals surface area contributed by atoms with Crippen LogP contribution in [0.15, 0.2) is 42.0 Å². The molecule has 0 aromatic heterocycles. The van der Waals surface area contributed by atoms with Crippen molar-refractivity contribution in [2.75, 3.05) is 0 Å². The molecular formula is C30H37NO5. The second-order valence-corrected chi connectivity index (χ2v) is 12.0. The van der Waals surface area contributed by atoms with Gasteiger partial charge in [0, 0.05) is 31.4 Å². The van der Waals surface area contributed by atoms with E-state index >= 15 is 0 Å². The van der Waals surface area contributed by atoms with Crippen molar-refractivity contribution >= 4 is 23.5 Å². The number of non-ortho nitro benzene ring substituents is 1. The molecule has 0 N–H and O–H groups in total. The zero-order valence-corrected chi connectivity index (χ0v) is 21.6. The van der Waals surface area contributed by atoms with Crippen molar-refractivity contribution < 1.29 is 19.2 Å². The van der Waals surface area contributed by atoms with Gasteiger partial charge in [0.15, 0.2) is 5.78 Å². The topological polar surface area (TPSA) is 86.5 Å². The van der Waals surface area contributed by atoms with E-state index in [2.05, 4.69) is 19.9 Å². The van der Waals surface area contributed by atoms with Crippen molar-refractivity contribution in [1.29, 1.82) is 0 Å². The Kier molecular flexibility index (Phi) is 6.42. The van der Waals surface area contributed by atoms with Gasteiger partial charge in [0.2, 0.25) is 0 Å². The van der Waals surface area contributed by atoms with Crippen LogP contribution in [0.4, 0.5) is 5.69 Å². The van der Waals surface area contributed by atoms with Crippen molar-refractivity contribution in [3.05, 3.63) is 57.7 Å². The monoisotopic (exact) mass is 491 g/mol. The molecule has 3 fully saturated rings. The Hall–Kier alpha value is -2.76. The molecule has 0 aliphatic heterocycles. The lowest BCUT2D eigenvalue weighted by atomic mass is 9.47. The van der Waals surface area contributed by atoms with Crippen molar-refractivity contribution in [1.82, 2.24) is 0 Å². The Bertz CT molecular complexity index is 1140. The molecule has 0 saturated heterocycles. The van der Waals surface area contributed by atoms with Crippen LogP contribution >= 0.6 is 0 Å². The van der Waals surface area contributed by atoms with Crippen LogP contribution in [-0.4, -0.2) is 22.8 Å². The summed E-state index contributed by atoms with van der Waals surface area (Å²) in [6, 6.07) is 6.43. The van der Waals surface area contributed by atoms with Crippen LogP contribution in [0.3, 0.4) is 0 Å². The molecule has 0 radical (unpaired) electrons. The van der Waals surface area contributed by atoms with E-state index in [-0.39, 0.29) is 40.3 Å². The number of carbonyl (C=O) groups excluding carboxylic acids is 2. The highest BCUT2D eigenvalue weighted by Crippen LogP contribution is 2.66. The first-order valence-electron chi connectivity index (χ1n) is 13.4. The summed E-state index contributed by atoms with van der Waals surface area (Å²) in [6.45, 7) is 6.27. The summed E-state index contributed by atoms with van der Waals surface area (Å²) in [5.41, 5.74) is 2.38. The summed E-state index contributed by atoms with van der Waals surface area (Å²) < 4.78 is 5.56. The van der Waals surface area contributed by atoms with Gasteiger partial charge in [0.25, 0.3) is 5.69 Å². The molecule has 6 heteroatoms. The van der Waals surface area contributed by atoms with E-state index in [4.69, 9.17) is 4.74 Å². The third-order valence-corrected chi connectivity index (χ3v) is 10.3. The van der Waals surface area contributed by atoms with Gasteiger partial charge in [-0.25, -0.2) is 0 Å². The minimum absolute atomic E-state index is 0.00191. The predicted octanol–water partition coefficient (Wildman–Crippen LogP) is 6.69. The number of hydrogen-bond acceptors (Lipinski definition) is 5. The molecule has 0 heterocycles. The first kappa shape index (κ1) is 24.9. The fourth-order valence-electron chi connectivity index (χ4n) is 8.47. The Morgan fingerprint density at radius 3 is 2.67 bits per heavy atom. The van der Waals surface area contributed by atoms with Gasteiger partial charge in [-0.2, -0.15) is 0 Å². The first-order chi connectivity index (χ1) is 17.1. The highest BCUT2D eigenvalue weighted by atomic mass is 16.6. The lowest BCUT2D eigenvalue weighted by Gasteiger charge is -2.58. The van der Waals surface area contributed by atoms with Gasteiger partial charge in [-0.3, -0.25) is 19.7 Å². The van der Waals surface area contributed by atoms with Crippen LogP contribution in [0.1, 0.15) is 77.7 Å². The predicted molar refractivity (Wildman–Crippen MR) is 138 cm³/mol. The van der Waals surface area contributed by atoms with E-state index in [1.54, 1.807) is 24.3 Å². The Morgan fingerprint density at radius 2 is 1.92 bits per heavy atom. The average Bonchev–Trinajstić information content (AvgIpc) is 3.20. The van der Waals surface area contributed by atoms with Gasteiger partial charge in [0.05, 0.1) is 4.92 Å². The number of esters is 1. The number of nitrogens with zero attached hydrogens (tertiary/aromatic N) is 1. The quantitative estimate of drug-likeness (QED) is 0.151. The number of hydrogen-bond donors (Lipinski definition) is 0. The van der Waals surface area contributed by atoms with Crippen LogP contribution in [0.5, 0.6) is 0 Å². The smallest absolute Gasteiger partial charge is 0.302 e. The number of ether oxygens (including phenoxy) is 1. The zero-order valence-electron chi connectivity index (χ0n) is 21.6. The fourth-order valence-corrected chi connectivity index (χ4v) is 8.47. The summed E-state index contributed by atoms with van der Waals surface area (Å²) in [4.78, 5) is 35.6. The van der Waals surface area contributed by atoms with Crippen molar-refractivity contribution in [3.8, 4) is 0 Å². The fraction of sp³-hybridized carbons (Fsp3) is 0.600. The number of rotatable bonds is 5. The highest BCUT2D eigenvalue weighted by molar-refractivity contribution is 5.96. The maximum absolute atomic E-state index is 13.4. The third-order valence-electron chi connectivity index (χ3n) is 10.3. The molecule has 4 aliphatic carbocycles. The molecule has 1 aromatic carbocycles. The molecule has 4 aliphatic rings. The number of nitro benzene ring substituents is 1. The van der Waals surface area contributed by atoms with E-state index in [1.807, 2.05) is 0 Å². The highest BCUT2D eigenvalue weighted by Gasteiger charge is 2.59. The van der Waals surface area contributed by atoms with Gasteiger partial charge in [-0.1, -0.05) is 43.7 Å².